The van der Waals surface area contributed by atoms with Crippen molar-refractivity contribution in [2.75, 3.05) is 5.32 Å². The van der Waals surface area contributed by atoms with E-state index in [-0.39, 0.29) is 17.3 Å². The van der Waals surface area contributed by atoms with E-state index in [1.54, 1.807) is 35.0 Å². The van der Waals surface area contributed by atoms with Gasteiger partial charge >= 0.3 is 0 Å². The summed E-state index contributed by atoms with van der Waals surface area (Å²) in [6, 6.07) is 9.40. The molecule has 3 rings (SSSR count). The number of rotatable bonds is 7. The molecule has 0 atom stereocenters. The van der Waals surface area contributed by atoms with Crippen LogP contribution >= 0.6 is 0 Å². The van der Waals surface area contributed by atoms with Gasteiger partial charge in [0.05, 0.1) is 23.4 Å². The highest BCUT2D eigenvalue weighted by Crippen LogP contribution is 2.17. The molecule has 2 heterocycles. The van der Waals surface area contributed by atoms with Crippen LogP contribution in [0.4, 0.5) is 5.69 Å². The molecule has 0 unspecified atom stereocenters. The van der Waals surface area contributed by atoms with Gasteiger partial charge in [-0.25, -0.2) is 13.1 Å². The van der Waals surface area contributed by atoms with Crippen LogP contribution in [0, 0.1) is 13.8 Å². The molecule has 0 saturated carbocycles. The van der Waals surface area contributed by atoms with Gasteiger partial charge in [0.25, 0.3) is 0 Å². The number of amides is 1. The highest BCUT2D eigenvalue weighted by atomic mass is 32.2. The molecule has 0 radical (unpaired) electrons. The van der Waals surface area contributed by atoms with Gasteiger partial charge in [0, 0.05) is 30.1 Å². The van der Waals surface area contributed by atoms with E-state index in [0.717, 1.165) is 17.0 Å². The van der Waals surface area contributed by atoms with Gasteiger partial charge in [0.1, 0.15) is 5.76 Å². The topological polar surface area (TPSA) is 106 Å². The minimum absolute atomic E-state index is 0.0401. The molecule has 3 aromatic rings. The van der Waals surface area contributed by atoms with Crippen LogP contribution in [0.3, 0.4) is 0 Å². The molecular weight excluding hydrogens is 392 g/mol. The lowest BCUT2D eigenvalue weighted by Gasteiger charge is -2.08. The van der Waals surface area contributed by atoms with E-state index in [1.807, 2.05) is 20.9 Å². The summed E-state index contributed by atoms with van der Waals surface area (Å²) in [4.78, 5) is 12.3. The second kappa shape index (κ2) is 8.46. The number of carbonyl (C=O) groups is 1. The Balaban J connectivity index is 1.69. The largest absolute Gasteiger partial charge is 0.468 e. The molecule has 9 heteroatoms. The quantitative estimate of drug-likeness (QED) is 0.578. The first-order chi connectivity index (χ1) is 13.8. The number of anilines is 1. The molecule has 2 aromatic heterocycles. The van der Waals surface area contributed by atoms with Crippen LogP contribution in [0.15, 0.2) is 58.1 Å². The number of furan rings is 1. The zero-order chi connectivity index (χ0) is 21.0. The van der Waals surface area contributed by atoms with Crippen LogP contribution in [0.5, 0.6) is 0 Å². The van der Waals surface area contributed by atoms with E-state index in [1.165, 1.54) is 24.5 Å². The number of carbonyl (C=O) groups excluding carboxylic acids is 1. The third kappa shape index (κ3) is 5.01. The first-order valence-electron chi connectivity index (χ1n) is 8.87. The Morgan fingerprint density at radius 1 is 1.24 bits per heavy atom. The summed E-state index contributed by atoms with van der Waals surface area (Å²) in [7, 11) is -1.91. The van der Waals surface area contributed by atoms with Crippen molar-refractivity contribution in [2.45, 2.75) is 25.3 Å². The summed E-state index contributed by atoms with van der Waals surface area (Å²) in [5.74, 6) is 0.134. The number of hydrogen-bond donors (Lipinski definition) is 2. The Labute approximate surface area is 169 Å². The third-order valence-corrected chi connectivity index (χ3v) is 5.79. The molecule has 152 valence electrons. The van der Waals surface area contributed by atoms with E-state index < -0.39 is 10.0 Å². The Hall–Kier alpha value is -3.17. The van der Waals surface area contributed by atoms with E-state index >= 15 is 0 Å². The lowest BCUT2D eigenvalue weighted by molar-refractivity contribution is -0.111. The Morgan fingerprint density at radius 2 is 2.03 bits per heavy atom. The molecule has 8 nitrogen and oxygen atoms in total. The first kappa shape index (κ1) is 20.6. The van der Waals surface area contributed by atoms with E-state index in [9.17, 15) is 13.2 Å². The normalized spacial score (nSPS) is 11.8. The molecule has 0 saturated heterocycles. The van der Waals surface area contributed by atoms with Gasteiger partial charge in [0.2, 0.25) is 15.9 Å². The van der Waals surface area contributed by atoms with Crippen LogP contribution in [-0.2, 0) is 28.4 Å². The molecule has 1 amide bonds. The third-order valence-electron chi connectivity index (χ3n) is 4.39. The van der Waals surface area contributed by atoms with Crippen molar-refractivity contribution >= 4 is 27.7 Å². The maximum atomic E-state index is 12.5. The standard InChI is InChI=1S/C20H22N4O4S/c1-14-19(15(2)24(3)23-14)9-10-20(25)22-16-6-4-8-18(12-16)29(26,27)21-13-17-7-5-11-28-17/h4-12,21H,13H2,1-3H3,(H,22,25)/b10-9+. The Morgan fingerprint density at radius 3 is 2.69 bits per heavy atom. The van der Waals surface area contributed by atoms with Gasteiger partial charge in [-0.1, -0.05) is 6.07 Å². The van der Waals surface area contributed by atoms with Crippen LogP contribution in [0.25, 0.3) is 6.08 Å². The molecule has 0 bridgehead atoms. The fourth-order valence-electron chi connectivity index (χ4n) is 2.78. The first-order valence-corrected chi connectivity index (χ1v) is 10.4. The molecule has 1 aromatic carbocycles. The molecule has 29 heavy (non-hydrogen) atoms. The van der Waals surface area contributed by atoms with Crippen molar-refractivity contribution in [1.82, 2.24) is 14.5 Å². The maximum absolute atomic E-state index is 12.5. The number of aryl methyl sites for hydroxylation is 2. The van der Waals surface area contributed by atoms with E-state index in [4.69, 9.17) is 4.42 Å². The fourth-order valence-corrected chi connectivity index (χ4v) is 3.82. The molecule has 0 aliphatic carbocycles. The summed E-state index contributed by atoms with van der Waals surface area (Å²) >= 11 is 0. The second-order valence-electron chi connectivity index (χ2n) is 6.46. The van der Waals surface area contributed by atoms with Crippen LogP contribution in [0.2, 0.25) is 0 Å². The highest BCUT2D eigenvalue weighted by molar-refractivity contribution is 7.89. The fraction of sp³-hybridized carbons (Fsp3) is 0.200. The number of aromatic nitrogens is 2. The van der Waals surface area contributed by atoms with Crippen molar-refractivity contribution in [3.63, 3.8) is 0 Å². The number of nitrogens with one attached hydrogen (secondary N) is 2. The number of sulfonamides is 1. The minimum Gasteiger partial charge on any atom is -0.468 e. The molecule has 2 N–H and O–H groups in total. The van der Waals surface area contributed by atoms with E-state index in [0.29, 0.717) is 11.4 Å². The summed E-state index contributed by atoms with van der Waals surface area (Å²) < 4.78 is 34.3. The summed E-state index contributed by atoms with van der Waals surface area (Å²) in [5, 5.41) is 6.98. The van der Waals surface area contributed by atoms with Crippen molar-refractivity contribution in [2.24, 2.45) is 7.05 Å². The van der Waals surface area contributed by atoms with E-state index in [2.05, 4.69) is 15.1 Å². The molecule has 0 aliphatic heterocycles. The summed E-state index contributed by atoms with van der Waals surface area (Å²) in [6.07, 6.45) is 4.56. The lowest BCUT2D eigenvalue weighted by atomic mass is 10.2. The van der Waals surface area contributed by atoms with Gasteiger partial charge < -0.3 is 9.73 Å². The van der Waals surface area contributed by atoms with Crippen molar-refractivity contribution in [3.8, 4) is 0 Å². The van der Waals surface area contributed by atoms with Gasteiger partial charge in [-0.2, -0.15) is 5.10 Å². The molecule has 0 fully saturated rings. The molecule has 0 aliphatic rings. The van der Waals surface area contributed by atoms with Gasteiger partial charge in [-0.15, -0.1) is 0 Å². The Bertz CT molecular complexity index is 1150. The minimum atomic E-state index is -3.75. The number of benzene rings is 1. The van der Waals surface area contributed by atoms with Crippen molar-refractivity contribution in [1.29, 1.82) is 0 Å². The van der Waals surface area contributed by atoms with Crippen molar-refractivity contribution in [3.05, 3.63) is 71.4 Å². The zero-order valence-electron chi connectivity index (χ0n) is 16.3. The smallest absolute Gasteiger partial charge is 0.248 e. The Kier molecular flexibility index (Phi) is 6.00. The van der Waals surface area contributed by atoms with Gasteiger partial charge in [-0.3, -0.25) is 9.48 Å². The monoisotopic (exact) mass is 414 g/mol. The zero-order valence-corrected chi connectivity index (χ0v) is 17.2. The summed E-state index contributed by atoms with van der Waals surface area (Å²) in [6.45, 7) is 3.83. The molecular formula is C20H22N4O4S. The average Bonchev–Trinajstić information content (AvgIpc) is 3.28. The van der Waals surface area contributed by atoms with Crippen molar-refractivity contribution < 1.29 is 17.6 Å². The van der Waals surface area contributed by atoms with Crippen LogP contribution in [-0.4, -0.2) is 24.1 Å². The number of nitrogens with zero attached hydrogens (tertiary/aromatic N) is 2. The van der Waals surface area contributed by atoms with Crippen LogP contribution < -0.4 is 10.0 Å². The van der Waals surface area contributed by atoms with Crippen LogP contribution in [0.1, 0.15) is 22.7 Å². The average molecular weight is 414 g/mol. The predicted octanol–water partition coefficient (Wildman–Crippen LogP) is 2.76. The maximum Gasteiger partial charge on any atom is 0.248 e. The molecule has 0 spiro atoms. The van der Waals surface area contributed by atoms with Gasteiger partial charge in [-0.05, 0) is 50.3 Å². The SMILES string of the molecule is Cc1nn(C)c(C)c1/C=C/C(=O)Nc1cccc(S(=O)(=O)NCc2ccco2)c1. The number of hydrogen-bond acceptors (Lipinski definition) is 5. The highest BCUT2D eigenvalue weighted by Gasteiger charge is 2.15. The van der Waals surface area contributed by atoms with Gasteiger partial charge in [0.15, 0.2) is 0 Å². The lowest BCUT2D eigenvalue weighted by Crippen LogP contribution is -2.23. The predicted molar refractivity (Wildman–Crippen MR) is 110 cm³/mol. The second-order valence-corrected chi connectivity index (χ2v) is 8.23. The summed E-state index contributed by atoms with van der Waals surface area (Å²) in [5.41, 5.74) is 3.02.